The van der Waals surface area contributed by atoms with Gasteiger partial charge in [0.05, 0.1) is 0 Å². The third-order valence-electron chi connectivity index (χ3n) is 4.54. The molecule has 3 fully saturated rings. The van der Waals surface area contributed by atoms with Gasteiger partial charge >= 0.3 is 0 Å². The van der Waals surface area contributed by atoms with Crippen molar-refractivity contribution in [1.29, 1.82) is 0 Å². The lowest BCUT2D eigenvalue weighted by Gasteiger charge is -2.36. The minimum atomic E-state index is 0.998. The summed E-state index contributed by atoms with van der Waals surface area (Å²) >= 11 is 0. The number of rotatable bonds is 0. The molecule has 3 rings (SSSR count). The molecule has 0 aromatic heterocycles. The Balaban J connectivity index is 1.80. The van der Waals surface area contributed by atoms with Crippen LogP contribution < -0.4 is 0 Å². The molecule has 13 heavy (non-hydrogen) atoms. The minimum absolute atomic E-state index is 0.998. The van der Waals surface area contributed by atoms with Gasteiger partial charge in [0.1, 0.15) is 0 Å². The second-order valence-electron chi connectivity index (χ2n) is 5.24. The number of piperidine rings is 1. The van der Waals surface area contributed by atoms with Crippen molar-refractivity contribution in [2.75, 3.05) is 6.54 Å². The second-order valence-corrected chi connectivity index (χ2v) is 5.24. The molecule has 0 spiro atoms. The molecule has 74 valence electrons. The van der Waals surface area contributed by atoms with Gasteiger partial charge in [-0.3, -0.25) is 4.90 Å². The van der Waals surface area contributed by atoms with Crippen LogP contribution in [-0.4, -0.2) is 23.5 Å². The van der Waals surface area contributed by atoms with E-state index < -0.39 is 0 Å². The second kappa shape index (κ2) is 3.27. The maximum atomic E-state index is 2.87. The van der Waals surface area contributed by atoms with Crippen molar-refractivity contribution in [2.45, 2.75) is 63.5 Å². The predicted molar refractivity (Wildman–Crippen MR) is 54.7 cm³/mol. The molecule has 1 nitrogen and oxygen atoms in total. The smallest absolute Gasteiger partial charge is 0.0127 e. The van der Waals surface area contributed by atoms with Crippen LogP contribution in [0.4, 0.5) is 0 Å². The third-order valence-corrected chi connectivity index (χ3v) is 4.54. The number of nitrogens with zero attached hydrogens (tertiary/aromatic N) is 1. The van der Waals surface area contributed by atoms with Gasteiger partial charge in [0.2, 0.25) is 0 Å². The maximum Gasteiger partial charge on any atom is 0.0127 e. The summed E-state index contributed by atoms with van der Waals surface area (Å²) in [5.74, 6) is 1.09. The zero-order valence-electron chi connectivity index (χ0n) is 8.54. The van der Waals surface area contributed by atoms with Crippen molar-refractivity contribution in [3.8, 4) is 0 Å². The highest BCUT2D eigenvalue weighted by molar-refractivity contribution is 4.96. The van der Waals surface area contributed by atoms with Gasteiger partial charge in [-0.15, -0.1) is 0 Å². The highest BCUT2D eigenvalue weighted by Gasteiger charge is 2.42. The molecule has 0 N–H and O–H groups in total. The van der Waals surface area contributed by atoms with Crippen LogP contribution in [0.2, 0.25) is 0 Å². The van der Waals surface area contributed by atoms with E-state index in [9.17, 15) is 0 Å². The van der Waals surface area contributed by atoms with Gasteiger partial charge in [-0.25, -0.2) is 0 Å². The zero-order chi connectivity index (χ0) is 8.67. The van der Waals surface area contributed by atoms with E-state index >= 15 is 0 Å². The van der Waals surface area contributed by atoms with Gasteiger partial charge in [0.25, 0.3) is 0 Å². The van der Waals surface area contributed by atoms with Crippen LogP contribution in [0.15, 0.2) is 0 Å². The fourth-order valence-electron chi connectivity index (χ4n) is 3.96. The summed E-state index contributed by atoms with van der Waals surface area (Å²) in [5, 5.41) is 0. The zero-order valence-corrected chi connectivity index (χ0v) is 8.54. The Kier molecular flexibility index (Phi) is 2.08. The number of fused-ring (bicyclic) bond motifs is 5. The summed E-state index contributed by atoms with van der Waals surface area (Å²) in [4.78, 5) is 2.87. The van der Waals surface area contributed by atoms with Crippen LogP contribution in [0.3, 0.4) is 0 Å². The van der Waals surface area contributed by atoms with Crippen LogP contribution in [0.25, 0.3) is 0 Å². The molecule has 3 atom stereocenters. The molecule has 0 aromatic rings. The molecule has 1 aliphatic carbocycles. The van der Waals surface area contributed by atoms with Crippen molar-refractivity contribution in [1.82, 2.24) is 4.90 Å². The van der Waals surface area contributed by atoms with Crippen LogP contribution in [0.5, 0.6) is 0 Å². The van der Waals surface area contributed by atoms with Crippen LogP contribution in [0, 0.1) is 5.92 Å². The molecule has 0 radical (unpaired) electrons. The summed E-state index contributed by atoms with van der Waals surface area (Å²) in [5.41, 5.74) is 0. The van der Waals surface area contributed by atoms with Gasteiger partial charge < -0.3 is 0 Å². The molecule has 2 bridgehead atoms. The van der Waals surface area contributed by atoms with Crippen LogP contribution in [0.1, 0.15) is 51.4 Å². The summed E-state index contributed by atoms with van der Waals surface area (Å²) in [6.45, 7) is 1.42. The molecule has 3 unspecified atom stereocenters. The average molecular weight is 179 g/mol. The molecule has 1 heteroatoms. The Labute approximate surface area is 81.5 Å². The highest BCUT2D eigenvalue weighted by Crippen LogP contribution is 2.42. The van der Waals surface area contributed by atoms with E-state index in [2.05, 4.69) is 4.90 Å². The van der Waals surface area contributed by atoms with E-state index in [0.29, 0.717) is 0 Å². The average Bonchev–Trinajstić information content (AvgIpc) is 2.35. The lowest BCUT2D eigenvalue weighted by molar-refractivity contribution is 0.118. The number of hydrogen-bond acceptors (Lipinski definition) is 1. The first-order valence-corrected chi connectivity index (χ1v) is 6.21. The Morgan fingerprint density at radius 1 is 0.846 bits per heavy atom. The normalized spacial score (nSPS) is 45.7. The van der Waals surface area contributed by atoms with E-state index in [1.165, 1.54) is 51.5 Å². The van der Waals surface area contributed by atoms with Crippen LogP contribution in [-0.2, 0) is 0 Å². The van der Waals surface area contributed by atoms with Crippen molar-refractivity contribution in [2.24, 2.45) is 5.92 Å². The Morgan fingerprint density at radius 2 is 1.69 bits per heavy atom. The first kappa shape index (κ1) is 8.28. The first-order valence-electron chi connectivity index (χ1n) is 6.21. The van der Waals surface area contributed by atoms with E-state index in [0.717, 1.165) is 18.0 Å². The third kappa shape index (κ3) is 1.32. The molecule has 2 aliphatic heterocycles. The van der Waals surface area contributed by atoms with Gasteiger partial charge in [0.15, 0.2) is 0 Å². The Morgan fingerprint density at radius 3 is 2.69 bits per heavy atom. The van der Waals surface area contributed by atoms with Gasteiger partial charge in [0, 0.05) is 12.1 Å². The Hall–Kier alpha value is -0.0400. The Bertz CT molecular complexity index is 170. The summed E-state index contributed by atoms with van der Waals surface area (Å²) in [6.07, 6.45) is 12.1. The van der Waals surface area contributed by atoms with Gasteiger partial charge in [-0.1, -0.05) is 19.3 Å². The SMILES string of the molecule is C1CCC2CC(C1)C1CCCCN21. The lowest BCUT2D eigenvalue weighted by atomic mass is 9.90. The summed E-state index contributed by atoms with van der Waals surface area (Å²) < 4.78 is 0. The maximum absolute atomic E-state index is 2.87. The largest absolute Gasteiger partial charge is 0.297 e. The van der Waals surface area contributed by atoms with E-state index in [1.54, 1.807) is 6.42 Å². The summed E-state index contributed by atoms with van der Waals surface area (Å²) in [6, 6.07) is 2.01. The van der Waals surface area contributed by atoms with Crippen molar-refractivity contribution in [3.63, 3.8) is 0 Å². The van der Waals surface area contributed by atoms with E-state index in [1.807, 2.05) is 0 Å². The van der Waals surface area contributed by atoms with Crippen LogP contribution >= 0.6 is 0 Å². The molecular weight excluding hydrogens is 158 g/mol. The lowest BCUT2D eigenvalue weighted by Crippen LogP contribution is -2.41. The molecular formula is C12H21N. The van der Waals surface area contributed by atoms with Gasteiger partial charge in [-0.2, -0.15) is 0 Å². The molecule has 1 saturated carbocycles. The molecule has 0 amide bonds. The minimum Gasteiger partial charge on any atom is -0.297 e. The highest BCUT2D eigenvalue weighted by atomic mass is 15.2. The van der Waals surface area contributed by atoms with Crippen molar-refractivity contribution in [3.05, 3.63) is 0 Å². The van der Waals surface area contributed by atoms with E-state index in [4.69, 9.17) is 0 Å². The fourth-order valence-corrected chi connectivity index (χ4v) is 3.96. The van der Waals surface area contributed by atoms with E-state index in [-0.39, 0.29) is 0 Å². The van der Waals surface area contributed by atoms with Gasteiger partial charge in [-0.05, 0) is 44.6 Å². The monoisotopic (exact) mass is 179 g/mol. The quantitative estimate of drug-likeness (QED) is 0.552. The molecule has 3 aliphatic rings. The predicted octanol–water partition coefficient (Wildman–Crippen LogP) is 2.80. The van der Waals surface area contributed by atoms with Crippen molar-refractivity contribution >= 4 is 0 Å². The van der Waals surface area contributed by atoms with Crippen molar-refractivity contribution < 1.29 is 0 Å². The molecule has 2 saturated heterocycles. The molecule has 2 heterocycles. The first-order chi connectivity index (χ1) is 6.45. The summed E-state index contributed by atoms with van der Waals surface area (Å²) in [7, 11) is 0. The standard InChI is InChI=1S/C12H21N/c1-2-6-11-9-10(5-1)12-7-3-4-8-13(11)12/h10-12H,1-9H2. The topological polar surface area (TPSA) is 3.24 Å². The molecule has 0 aromatic carbocycles. The fraction of sp³-hybridized carbons (Fsp3) is 1.00. The number of hydrogen-bond donors (Lipinski definition) is 0.